The Morgan fingerprint density at radius 2 is 1.66 bits per heavy atom. The van der Waals surface area contributed by atoms with Gasteiger partial charge in [-0.1, -0.05) is 13.3 Å². The van der Waals surface area contributed by atoms with Crippen LogP contribution >= 0.6 is 0 Å². The maximum atomic E-state index is 5.82. The van der Waals surface area contributed by atoms with Crippen molar-refractivity contribution in [1.29, 1.82) is 0 Å². The fourth-order valence-corrected chi connectivity index (χ4v) is 5.65. The van der Waals surface area contributed by atoms with Crippen LogP contribution in [0.15, 0.2) is 23.7 Å². The summed E-state index contributed by atoms with van der Waals surface area (Å²) in [5, 5.41) is 0. The van der Waals surface area contributed by atoms with E-state index in [0.717, 1.165) is 38.6 Å². The highest BCUT2D eigenvalue weighted by Crippen LogP contribution is 2.18. The van der Waals surface area contributed by atoms with E-state index in [1.165, 1.54) is 12.8 Å². The first kappa shape index (κ1) is 28.1. The molecule has 0 radical (unpaired) electrons. The van der Waals surface area contributed by atoms with Gasteiger partial charge >= 0.3 is 8.80 Å². The highest BCUT2D eigenvalue weighted by atomic mass is 35.5. The van der Waals surface area contributed by atoms with Crippen molar-refractivity contribution in [3.05, 3.63) is 18.7 Å². The molecule has 1 aliphatic rings. The molecule has 2 heterocycles. The zero-order valence-electron chi connectivity index (χ0n) is 19.0. The van der Waals surface area contributed by atoms with Crippen LogP contribution in [0.5, 0.6) is 0 Å². The predicted molar refractivity (Wildman–Crippen MR) is 116 cm³/mol. The Morgan fingerprint density at radius 3 is 2.10 bits per heavy atom. The Kier molecular flexibility index (Phi) is 16.3. The number of halogens is 1. The van der Waals surface area contributed by atoms with E-state index in [0.29, 0.717) is 19.8 Å². The number of hydrogen-bond donors (Lipinski definition) is 0. The van der Waals surface area contributed by atoms with E-state index >= 15 is 0 Å². The van der Waals surface area contributed by atoms with Crippen molar-refractivity contribution in [3.63, 3.8) is 0 Å². The highest BCUT2D eigenvalue weighted by molar-refractivity contribution is 6.60. The molecule has 0 amide bonds. The van der Waals surface area contributed by atoms with Crippen LogP contribution < -0.4 is 17.0 Å². The number of rotatable bonds is 13. The minimum Gasteiger partial charge on any atom is -1.00 e. The molecule has 0 unspecified atom stereocenters. The monoisotopic (exact) mass is 448 g/mol. The third-order valence-corrected chi connectivity index (χ3v) is 7.53. The molecular weight excluding hydrogens is 408 g/mol. The van der Waals surface area contributed by atoms with Crippen molar-refractivity contribution in [3.8, 4) is 0 Å². The molecule has 1 aromatic heterocycles. The SMILES string of the molecule is CCCCn1cc[n+](C)c1.CCO[Si](CCCN1C=NCC1)(OCC)OCC.[Cl-]. The van der Waals surface area contributed by atoms with Crippen molar-refractivity contribution in [2.75, 3.05) is 39.5 Å². The first-order valence-electron chi connectivity index (χ1n) is 10.8. The fraction of sp³-hybridized carbons (Fsp3) is 0.800. The van der Waals surface area contributed by atoms with Crippen LogP contribution in [0.4, 0.5) is 0 Å². The van der Waals surface area contributed by atoms with E-state index < -0.39 is 8.80 Å². The smallest absolute Gasteiger partial charge is 0.500 e. The van der Waals surface area contributed by atoms with Crippen molar-refractivity contribution in [2.45, 2.75) is 59.5 Å². The number of nitrogens with zero attached hydrogens (tertiary/aromatic N) is 4. The highest BCUT2D eigenvalue weighted by Gasteiger charge is 2.39. The van der Waals surface area contributed by atoms with Gasteiger partial charge in [0.1, 0.15) is 12.4 Å². The summed E-state index contributed by atoms with van der Waals surface area (Å²) in [6.07, 6.45) is 11.8. The van der Waals surface area contributed by atoms with Gasteiger partial charge < -0.3 is 30.6 Å². The van der Waals surface area contributed by atoms with Gasteiger partial charge in [-0.25, -0.2) is 9.13 Å². The van der Waals surface area contributed by atoms with Gasteiger partial charge in [-0.2, -0.15) is 0 Å². The second-order valence-corrected chi connectivity index (χ2v) is 9.55. The third-order valence-electron chi connectivity index (χ3n) is 4.38. The topological polar surface area (TPSA) is 52.1 Å². The van der Waals surface area contributed by atoms with Gasteiger partial charge in [0.2, 0.25) is 6.33 Å². The molecule has 29 heavy (non-hydrogen) atoms. The molecule has 7 nitrogen and oxygen atoms in total. The molecule has 2 rings (SSSR count). The summed E-state index contributed by atoms with van der Waals surface area (Å²) < 4.78 is 21.7. The van der Waals surface area contributed by atoms with Crippen molar-refractivity contribution < 1.29 is 30.3 Å². The van der Waals surface area contributed by atoms with Gasteiger partial charge in [-0.05, 0) is 33.6 Å². The first-order valence-corrected chi connectivity index (χ1v) is 12.7. The van der Waals surface area contributed by atoms with Gasteiger partial charge in [0.05, 0.1) is 26.5 Å². The third kappa shape index (κ3) is 11.7. The summed E-state index contributed by atoms with van der Waals surface area (Å²) in [6, 6.07) is 0.882. The number of aliphatic imine (C=N–C) groups is 1. The second kappa shape index (κ2) is 16.8. The maximum absolute atomic E-state index is 5.82. The number of aromatic nitrogens is 2. The lowest BCUT2D eigenvalue weighted by atomic mass is 10.3. The van der Waals surface area contributed by atoms with E-state index in [2.05, 4.69) is 44.7 Å². The largest absolute Gasteiger partial charge is 1.00 e. The van der Waals surface area contributed by atoms with Gasteiger partial charge in [-0.3, -0.25) is 4.99 Å². The fourth-order valence-electron chi connectivity index (χ4n) is 3.06. The average molecular weight is 449 g/mol. The van der Waals surface area contributed by atoms with Crippen LogP contribution in [-0.2, 0) is 26.9 Å². The van der Waals surface area contributed by atoms with Crippen LogP contribution in [0, 0.1) is 0 Å². The zero-order chi connectivity index (χ0) is 20.7. The molecule has 0 fully saturated rings. The summed E-state index contributed by atoms with van der Waals surface area (Å²) in [7, 11) is -0.395. The lowest BCUT2D eigenvalue weighted by Gasteiger charge is -2.29. The minimum atomic E-state index is -2.44. The van der Waals surface area contributed by atoms with Crippen LogP contribution in [0.2, 0.25) is 6.04 Å². The quantitative estimate of drug-likeness (QED) is 0.312. The predicted octanol–water partition coefficient (Wildman–Crippen LogP) is -0.114. The average Bonchev–Trinajstić information content (AvgIpc) is 3.33. The molecule has 0 saturated heterocycles. The molecule has 0 aliphatic carbocycles. The molecule has 0 bridgehead atoms. The summed E-state index contributed by atoms with van der Waals surface area (Å²) >= 11 is 0. The van der Waals surface area contributed by atoms with E-state index in [1.54, 1.807) is 0 Å². The lowest BCUT2D eigenvalue weighted by Crippen LogP contribution is -3.00. The minimum absolute atomic E-state index is 0. The summed E-state index contributed by atoms with van der Waals surface area (Å²) in [6.45, 7) is 14.3. The molecule has 0 spiro atoms. The molecule has 9 heteroatoms. The van der Waals surface area contributed by atoms with Gasteiger partial charge in [0.15, 0.2) is 0 Å². The second-order valence-electron chi connectivity index (χ2n) is 6.81. The van der Waals surface area contributed by atoms with Crippen LogP contribution in [-0.4, -0.2) is 64.1 Å². The molecule has 0 atom stereocenters. The Morgan fingerprint density at radius 1 is 1.00 bits per heavy atom. The van der Waals surface area contributed by atoms with E-state index in [4.69, 9.17) is 13.3 Å². The summed E-state index contributed by atoms with van der Waals surface area (Å²) in [5.74, 6) is 0. The molecular formula is C20H41ClN4O3Si. The Bertz CT molecular complexity index is 529. The number of hydrogen-bond acceptors (Lipinski definition) is 5. The number of unbranched alkanes of at least 4 members (excludes halogenated alkanes) is 1. The zero-order valence-corrected chi connectivity index (χ0v) is 20.7. The molecule has 0 N–H and O–H groups in total. The first-order chi connectivity index (χ1) is 13.6. The molecule has 0 saturated carbocycles. The maximum Gasteiger partial charge on any atom is 0.500 e. The van der Waals surface area contributed by atoms with Gasteiger partial charge in [0, 0.05) is 39.0 Å². The number of imidazole rings is 1. The molecule has 1 aliphatic heterocycles. The van der Waals surface area contributed by atoms with Crippen molar-refractivity contribution in [1.82, 2.24) is 9.47 Å². The molecule has 1 aromatic rings. The van der Waals surface area contributed by atoms with E-state index in [-0.39, 0.29) is 12.4 Å². The van der Waals surface area contributed by atoms with Crippen LogP contribution in [0.1, 0.15) is 47.0 Å². The van der Waals surface area contributed by atoms with Crippen LogP contribution in [0.3, 0.4) is 0 Å². The number of aryl methyl sites for hydroxylation is 2. The summed E-state index contributed by atoms with van der Waals surface area (Å²) in [5.41, 5.74) is 0. The van der Waals surface area contributed by atoms with E-state index in [9.17, 15) is 0 Å². The molecule has 0 aromatic carbocycles. The van der Waals surface area contributed by atoms with Crippen molar-refractivity contribution in [2.24, 2.45) is 12.0 Å². The van der Waals surface area contributed by atoms with Gasteiger partial charge in [0.25, 0.3) is 0 Å². The Balaban J connectivity index is 0.000000606. The van der Waals surface area contributed by atoms with E-state index in [1.807, 2.05) is 34.2 Å². The Labute approximate surface area is 184 Å². The van der Waals surface area contributed by atoms with Gasteiger partial charge in [-0.15, -0.1) is 0 Å². The summed E-state index contributed by atoms with van der Waals surface area (Å²) in [4.78, 5) is 6.45. The normalized spacial score (nSPS) is 13.2. The standard InChI is InChI=1S/C12H26N2O3Si.C8H15N2.ClH/c1-4-15-18(16-5-2,17-6-3)11-7-9-14-10-8-13-12-14;1-3-4-5-10-7-6-9(2)8-10;/h12H,4-11H2,1-3H3;6-8H,3-5H2,1-2H3;1H/q;+1;/p-1. The van der Waals surface area contributed by atoms with Crippen molar-refractivity contribution >= 4 is 15.1 Å². The Hall–Kier alpha value is -0.933. The lowest BCUT2D eigenvalue weighted by molar-refractivity contribution is -0.671. The van der Waals surface area contributed by atoms with Crippen LogP contribution in [0.25, 0.3) is 0 Å². The molecule has 170 valence electrons.